The van der Waals surface area contributed by atoms with Crippen molar-refractivity contribution in [2.45, 2.75) is 37.2 Å². The first-order chi connectivity index (χ1) is 12.8. The van der Waals surface area contributed by atoms with Crippen LogP contribution in [-0.4, -0.2) is 38.3 Å². The third kappa shape index (κ3) is 3.99. The Labute approximate surface area is 160 Å². The predicted octanol–water partition coefficient (Wildman–Crippen LogP) is 2.97. The maximum absolute atomic E-state index is 12.7. The molecule has 0 bridgehead atoms. The van der Waals surface area contributed by atoms with Gasteiger partial charge in [0.25, 0.3) is 5.91 Å². The molecule has 144 valence electrons. The molecule has 6 nitrogen and oxygen atoms in total. The summed E-state index contributed by atoms with van der Waals surface area (Å²) in [7, 11) is -2.11. The minimum atomic E-state index is -3.64. The predicted molar refractivity (Wildman–Crippen MR) is 103 cm³/mol. The lowest BCUT2D eigenvalue weighted by molar-refractivity contribution is 0.0924. The summed E-state index contributed by atoms with van der Waals surface area (Å²) >= 11 is 0. The molecule has 3 rings (SSSR count). The second-order valence-electron chi connectivity index (χ2n) is 6.84. The van der Waals surface area contributed by atoms with Crippen molar-refractivity contribution >= 4 is 15.9 Å². The van der Waals surface area contributed by atoms with Gasteiger partial charge in [-0.15, -0.1) is 0 Å². The first-order valence-electron chi connectivity index (χ1n) is 8.91. The van der Waals surface area contributed by atoms with Gasteiger partial charge in [-0.2, -0.15) is 4.31 Å². The molecule has 0 aromatic heterocycles. The summed E-state index contributed by atoms with van der Waals surface area (Å²) in [4.78, 5) is 12.9. The number of benzene rings is 2. The van der Waals surface area contributed by atoms with Crippen LogP contribution in [0.25, 0.3) is 0 Å². The zero-order valence-corrected chi connectivity index (χ0v) is 16.5. The SMILES string of the molecule is CC(C)N(C)S(=O)(=O)c1cccc(C(=O)N[C@@H]2CCOc3ccccc32)c1. The Bertz CT molecular complexity index is 941. The molecule has 7 heteroatoms. The lowest BCUT2D eigenvalue weighted by Gasteiger charge is -2.26. The monoisotopic (exact) mass is 388 g/mol. The molecular weight excluding hydrogens is 364 g/mol. The molecule has 0 saturated heterocycles. The summed E-state index contributed by atoms with van der Waals surface area (Å²) < 4.78 is 32.3. The van der Waals surface area contributed by atoms with Crippen LogP contribution in [0.5, 0.6) is 5.75 Å². The molecule has 0 aliphatic carbocycles. The summed E-state index contributed by atoms with van der Waals surface area (Å²) in [6.45, 7) is 4.13. The van der Waals surface area contributed by atoms with E-state index in [9.17, 15) is 13.2 Å². The highest BCUT2D eigenvalue weighted by Crippen LogP contribution is 2.31. The summed E-state index contributed by atoms with van der Waals surface area (Å²) in [6.07, 6.45) is 0.664. The van der Waals surface area contributed by atoms with Gasteiger partial charge in [0.2, 0.25) is 10.0 Å². The Hall–Kier alpha value is -2.38. The van der Waals surface area contributed by atoms with E-state index in [0.29, 0.717) is 18.6 Å². The van der Waals surface area contributed by atoms with Gasteiger partial charge in [-0.25, -0.2) is 8.42 Å². The molecule has 1 atom stereocenters. The second-order valence-corrected chi connectivity index (χ2v) is 8.84. The highest BCUT2D eigenvalue weighted by atomic mass is 32.2. The number of carbonyl (C=O) groups is 1. The fourth-order valence-corrected chi connectivity index (χ4v) is 4.39. The first-order valence-corrected chi connectivity index (χ1v) is 10.4. The molecule has 27 heavy (non-hydrogen) atoms. The van der Waals surface area contributed by atoms with Crippen molar-refractivity contribution in [1.82, 2.24) is 9.62 Å². The van der Waals surface area contributed by atoms with E-state index in [-0.39, 0.29) is 22.9 Å². The first kappa shape index (κ1) is 19.4. The van der Waals surface area contributed by atoms with E-state index in [2.05, 4.69) is 5.32 Å². The van der Waals surface area contributed by atoms with Gasteiger partial charge in [0.05, 0.1) is 17.5 Å². The quantitative estimate of drug-likeness (QED) is 0.854. The van der Waals surface area contributed by atoms with Crippen molar-refractivity contribution in [3.63, 3.8) is 0 Å². The Balaban J connectivity index is 1.83. The molecule has 2 aromatic rings. The number of nitrogens with one attached hydrogen (secondary N) is 1. The third-order valence-corrected chi connectivity index (χ3v) is 6.79. The Morgan fingerprint density at radius 2 is 1.93 bits per heavy atom. The maximum Gasteiger partial charge on any atom is 0.251 e. The van der Waals surface area contributed by atoms with Crippen LogP contribution in [0, 0.1) is 0 Å². The molecule has 0 unspecified atom stereocenters. The van der Waals surface area contributed by atoms with Gasteiger partial charge in [0.15, 0.2) is 0 Å². The van der Waals surface area contributed by atoms with Gasteiger partial charge in [0, 0.05) is 30.6 Å². The van der Waals surface area contributed by atoms with E-state index in [4.69, 9.17) is 4.74 Å². The van der Waals surface area contributed by atoms with Crippen LogP contribution in [0.15, 0.2) is 53.4 Å². The molecule has 1 aliphatic rings. The number of ether oxygens (including phenoxy) is 1. The van der Waals surface area contributed by atoms with E-state index >= 15 is 0 Å². The lowest BCUT2D eigenvalue weighted by Crippen LogP contribution is -2.34. The second kappa shape index (κ2) is 7.70. The Morgan fingerprint density at radius 1 is 1.19 bits per heavy atom. The fraction of sp³-hybridized carbons (Fsp3) is 0.350. The number of hydrogen-bond donors (Lipinski definition) is 1. The molecule has 0 spiro atoms. The van der Waals surface area contributed by atoms with E-state index in [1.165, 1.54) is 23.5 Å². The summed E-state index contributed by atoms with van der Waals surface area (Å²) in [5.41, 5.74) is 1.25. The minimum Gasteiger partial charge on any atom is -0.493 e. The van der Waals surface area contributed by atoms with Crippen LogP contribution in [0.3, 0.4) is 0 Å². The number of rotatable bonds is 5. The van der Waals surface area contributed by atoms with Crippen molar-refractivity contribution in [1.29, 1.82) is 0 Å². The molecule has 2 aromatic carbocycles. The number of fused-ring (bicyclic) bond motifs is 1. The zero-order chi connectivity index (χ0) is 19.6. The number of carbonyl (C=O) groups excluding carboxylic acids is 1. The topological polar surface area (TPSA) is 75.7 Å². The Kier molecular flexibility index (Phi) is 5.53. The van der Waals surface area contributed by atoms with Gasteiger partial charge >= 0.3 is 0 Å². The standard InChI is InChI=1S/C20H24N2O4S/c1-14(2)22(3)27(24,25)16-8-6-7-15(13-16)20(23)21-18-11-12-26-19-10-5-4-9-17(18)19/h4-10,13-14,18H,11-12H2,1-3H3,(H,21,23)/t18-/m1/s1. The Morgan fingerprint density at radius 3 is 2.67 bits per heavy atom. The van der Waals surface area contributed by atoms with Gasteiger partial charge in [-0.05, 0) is 38.1 Å². The highest BCUT2D eigenvalue weighted by Gasteiger charge is 2.26. The van der Waals surface area contributed by atoms with E-state index in [1.54, 1.807) is 26.0 Å². The van der Waals surface area contributed by atoms with Crippen LogP contribution < -0.4 is 10.1 Å². The number of para-hydroxylation sites is 1. The highest BCUT2D eigenvalue weighted by molar-refractivity contribution is 7.89. The molecule has 0 saturated carbocycles. The molecular formula is C20H24N2O4S. The third-order valence-electron chi connectivity index (χ3n) is 4.76. The van der Waals surface area contributed by atoms with Crippen molar-refractivity contribution in [2.24, 2.45) is 0 Å². The van der Waals surface area contributed by atoms with E-state index < -0.39 is 10.0 Å². The number of amides is 1. The molecule has 1 amide bonds. The van der Waals surface area contributed by atoms with Crippen LogP contribution >= 0.6 is 0 Å². The van der Waals surface area contributed by atoms with E-state index in [0.717, 1.165) is 11.3 Å². The smallest absolute Gasteiger partial charge is 0.251 e. The number of nitrogens with zero attached hydrogens (tertiary/aromatic N) is 1. The van der Waals surface area contributed by atoms with Gasteiger partial charge < -0.3 is 10.1 Å². The minimum absolute atomic E-state index is 0.110. The molecule has 0 radical (unpaired) electrons. The summed E-state index contributed by atoms with van der Waals surface area (Å²) in [5.74, 6) is 0.463. The number of sulfonamides is 1. The van der Waals surface area contributed by atoms with Crippen LogP contribution in [-0.2, 0) is 10.0 Å². The normalized spacial score (nSPS) is 16.7. The van der Waals surface area contributed by atoms with Crippen LogP contribution in [0.1, 0.15) is 42.2 Å². The largest absolute Gasteiger partial charge is 0.493 e. The maximum atomic E-state index is 12.7. The summed E-state index contributed by atoms with van der Waals surface area (Å²) in [6, 6.07) is 13.4. The van der Waals surface area contributed by atoms with Crippen LogP contribution in [0.2, 0.25) is 0 Å². The summed E-state index contributed by atoms with van der Waals surface area (Å²) in [5, 5.41) is 2.99. The molecule has 0 fully saturated rings. The molecule has 1 heterocycles. The van der Waals surface area contributed by atoms with Crippen molar-refractivity contribution < 1.29 is 17.9 Å². The van der Waals surface area contributed by atoms with Gasteiger partial charge in [-0.1, -0.05) is 24.3 Å². The molecule has 1 N–H and O–H groups in total. The van der Waals surface area contributed by atoms with Crippen molar-refractivity contribution in [3.05, 3.63) is 59.7 Å². The van der Waals surface area contributed by atoms with E-state index in [1.807, 2.05) is 24.3 Å². The average molecular weight is 388 g/mol. The lowest BCUT2D eigenvalue weighted by atomic mass is 10.00. The van der Waals surface area contributed by atoms with Gasteiger partial charge in [-0.3, -0.25) is 4.79 Å². The molecule has 1 aliphatic heterocycles. The zero-order valence-electron chi connectivity index (χ0n) is 15.7. The van der Waals surface area contributed by atoms with Crippen molar-refractivity contribution in [2.75, 3.05) is 13.7 Å². The fourth-order valence-electron chi connectivity index (χ4n) is 2.98. The van der Waals surface area contributed by atoms with Gasteiger partial charge in [0.1, 0.15) is 5.75 Å². The number of hydrogen-bond acceptors (Lipinski definition) is 4. The average Bonchev–Trinajstić information content (AvgIpc) is 2.67. The van der Waals surface area contributed by atoms with Crippen molar-refractivity contribution in [3.8, 4) is 5.75 Å². The van der Waals surface area contributed by atoms with Crippen LogP contribution in [0.4, 0.5) is 0 Å².